The van der Waals surface area contributed by atoms with Crippen LogP contribution in [0, 0.1) is 0 Å². The molecule has 104 valence electrons. The van der Waals surface area contributed by atoms with Crippen molar-refractivity contribution in [2.75, 3.05) is 13.2 Å². The molecule has 0 aliphatic rings. The van der Waals surface area contributed by atoms with E-state index in [4.69, 9.17) is 9.84 Å². The Bertz CT molecular complexity index is 448. The Labute approximate surface area is 111 Å². The van der Waals surface area contributed by atoms with E-state index in [0.29, 0.717) is 6.42 Å². The lowest BCUT2D eigenvalue weighted by Crippen LogP contribution is -2.44. The lowest BCUT2D eigenvalue weighted by atomic mass is 10.1. The van der Waals surface area contributed by atoms with Crippen LogP contribution in [0.2, 0.25) is 0 Å². The third kappa shape index (κ3) is 4.03. The summed E-state index contributed by atoms with van der Waals surface area (Å²) in [7, 11) is 0. The minimum atomic E-state index is -1.07. The molecule has 0 aliphatic carbocycles. The molecule has 1 aromatic rings. The van der Waals surface area contributed by atoms with E-state index in [1.54, 1.807) is 19.1 Å². The van der Waals surface area contributed by atoms with Crippen LogP contribution in [0.4, 0.5) is 0 Å². The summed E-state index contributed by atoms with van der Waals surface area (Å²) in [6.45, 7) is 3.23. The normalized spacial score (nSPS) is 11.7. The number of rotatable bonds is 6. The minimum absolute atomic E-state index is 0.189. The summed E-state index contributed by atoms with van der Waals surface area (Å²) in [5, 5.41) is 11.5. The smallest absolute Gasteiger partial charge is 0.331 e. The van der Waals surface area contributed by atoms with E-state index >= 15 is 0 Å². The zero-order valence-corrected chi connectivity index (χ0v) is 11.0. The maximum Gasteiger partial charge on any atom is 0.331 e. The van der Waals surface area contributed by atoms with Crippen molar-refractivity contribution < 1.29 is 19.4 Å². The van der Waals surface area contributed by atoms with Gasteiger partial charge in [0.25, 0.3) is 5.91 Å². The zero-order valence-electron chi connectivity index (χ0n) is 11.0. The van der Waals surface area contributed by atoms with Crippen LogP contribution in [0.3, 0.4) is 0 Å². The third-order valence-corrected chi connectivity index (χ3v) is 2.55. The van der Waals surface area contributed by atoms with E-state index < -0.39 is 24.5 Å². The van der Waals surface area contributed by atoms with Gasteiger partial charge in [0.2, 0.25) is 0 Å². The van der Waals surface area contributed by atoms with Crippen molar-refractivity contribution in [3.05, 3.63) is 29.6 Å². The molecular weight excluding hydrogens is 248 g/mol. The average Bonchev–Trinajstić information content (AvgIpc) is 2.44. The van der Waals surface area contributed by atoms with E-state index in [1.807, 2.05) is 6.92 Å². The maximum absolute atomic E-state index is 12.0. The Morgan fingerprint density at radius 2 is 2.21 bits per heavy atom. The highest BCUT2D eigenvalue weighted by Crippen LogP contribution is 2.06. The number of carbonyl (C=O) groups is 2. The monoisotopic (exact) mass is 266 g/mol. The van der Waals surface area contributed by atoms with Gasteiger partial charge in [0.1, 0.15) is 5.69 Å². The van der Waals surface area contributed by atoms with Gasteiger partial charge in [0.15, 0.2) is 6.04 Å². The minimum Gasteiger partial charge on any atom is -0.464 e. The summed E-state index contributed by atoms with van der Waals surface area (Å²) in [6.07, 6.45) is 2.16. The molecule has 1 amide bonds. The summed E-state index contributed by atoms with van der Waals surface area (Å²) >= 11 is 0. The molecule has 6 nitrogen and oxygen atoms in total. The number of aryl methyl sites for hydroxylation is 1. The van der Waals surface area contributed by atoms with Crippen molar-refractivity contribution in [2.24, 2.45) is 0 Å². The number of hydrogen-bond donors (Lipinski definition) is 2. The Morgan fingerprint density at radius 1 is 1.47 bits per heavy atom. The van der Waals surface area contributed by atoms with Crippen molar-refractivity contribution >= 4 is 11.9 Å². The Balaban J connectivity index is 2.80. The summed E-state index contributed by atoms with van der Waals surface area (Å²) in [6, 6.07) is 2.46. The first-order chi connectivity index (χ1) is 9.13. The first-order valence-electron chi connectivity index (χ1n) is 6.16. The number of carbonyl (C=O) groups excluding carboxylic acids is 2. The van der Waals surface area contributed by atoms with Gasteiger partial charge in [-0.3, -0.25) is 9.78 Å². The maximum atomic E-state index is 12.0. The second-order valence-corrected chi connectivity index (χ2v) is 3.83. The average molecular weight is 266 g/mol. The molecule has 1 rings (SSSR count). The SMILES string of the molecule is CCOC(=O)[C@H](CO)NC(=O)c1ncccc1CC. The molecule has 6 heteroatoms. The Kier molecular flexibility index (Phi) is 5.95. The molecule has 1 aromatic heterocycles. The molecule has 1 atom stereocenters. The van der Waals surface area contributed by atoms with E-state index in [2.05, 4.69) is 10.3 Å². The van der Waals surface area contributed by atoms with Gasteiger partial charge in [0.05, 0.1) is 13.2 Å². The van der Waals surface area contributed by atoms with Crippen LogP contribution in [-0.2, 0) is 16.0 Å². The second-order valence-electron chi connectivity index (χ2n) is 3.83. The number of amides is 1. The lowest BCUT2D eigenvalue weighted by molar-refractivity contribution is -0.146. The highest BCUT2D eigenvalue weighted by molar-refractivity contribution is 5.96. The lowest BCUT2D eigenvalue weighted by Gasteiger charge is -2.15. The number of pyridine rings is 1. The number of hydrogen-bond acceptors (Lipinski definition) is 5. The Hall–Kier alpha value is -1.95. The molecule has 0 aromatic carbocycles. The van der Waals surface area contributed by atoms with E-state index in [0.717, 1.165) is 5.56 Å². The zero-order chi connectivity index (χ0) is 14.3. The molecule has 0 unspecified atom stereocenters. The van der Waals surface area contributed by atoms with Crippen molar-refractivity contribution in [1.82, 2.24) is 10.3 Å². The molecule has 0 saturated heterocycles. The quantitative estimate of drug-likeness (QED) is 0.723. The predicted molar refractivity (Wildman–Crippen MR) is 68.6 cm³/mol. The molecule has 0 radical (unpaired) electrons. The van der Waals surface area contributed by atoms with Crippen LogP contribution in [0.5, 0.6) is 0 Å². The summed E-state index contributed by atoms with van der Waals surface area (Å²) in [5.41, 5.74) is 1.04. The van der Waals surface area contributed by atoms with Crippen LogP contribution in [0.25, 0.3) is 0 Å². The van der Waals surface area contributed by atoms with E-state index in [9.17, 15) is 9.59 Å². The van der Waals surface area contributed by atoms with Gasteiger partial charge in [-0.05, 0) is 25.0 Å². The number of nitrogens with zero attached hydrogens (tertiary/aromatic N) is 1. The first-order valence-corrected chi connectivity index (χ1v) is 6.16. The van der Waals surface area contributed by atoms with Crippen molar-refractivity contribution in [3.63, 3.8) is 0 Å². The van der Waals surface area contributed by atoms with E-state index in [1.165, 1.54) is 6.20 Å². The molecule has 0 fully saturated rings. The molecular formula is C13H18N2O4. The molecule has 2 N–H and O–H groups in total. The van der Waals surface area contributed by atoms with Gasteiger partial charge in [-0.2, -0.15) is 0 Å². The molecule has 0 spiro atoms. The van der Waals surface area contributed by atoms with Gasteiger partial charge < -0.3 is 15.2 Å². The van der Waals surface area contributed by atoms with E-state index in [-0.39, 0.29) is 12.3 Å². The predicted octanol–water partition coefficient (Wildman–Crippen LogP) is 0.298. The van der Waals surface area contributed by atoms with Crippen LogP contribution >= 0.6 is 0 Å². The standard InChI is InChI=1S/C13H18N2O4/c1-3-9-6-5-7-14-11(9)12(17)15-10(8-16)13(18)19-4-2/h5-7,10,16H,3-4,8H2,1-2H3,(H,15,17)/t10-/m0/s1. The number of esters is 1. The fourth-order valence-corrected chi connectivity index (χ4v) is 1.58. The van der Waals surface area contributed by atoms with Crippen molar-refractivity contribution in [2.45, 2.75) is 26.3 Å². The number of nitrogens with one attached hydrogen (secondary N) is 1. The number of ether oxygens (including phenoxy) is 1. The fraction of sp³-hybridized carbons (Fsp3) is 0.462. The largest absolute Gasteiger partial charge is 0.464 e. The molecule has 1 heterocycles. The highest BCUT2D eigenvalue weighted by atomic mass is 16.5. The topological polar surface area (TPSA) is 88.5 Å². The van der Waals surface area contributed by atoms with Gasteiger partial charge in [-0.25, -0.2) is 4.79 Å². The van der Waals surface area contributed by atoms with Crippen LogP contribution in [-0.4, -0.2) is 41.2 Å². The van der Waals surface area contributed by atoms with Gasteiger partial charge in [0, 0.05) is 6.20 Å². The molecule has 0 bridgehead atoms. The summed E-state index contributed by atoms with van der Waals surface area (Å²) in [5.74, 6) is -1.16. The van der Waals surface area contributed by atoms with Crippen molar-refractivity contribution in [1.29, 1.82) is 0 Å². The molecule has 0 aliphatic heterocycles. The van der Waals surface area contributed by atoms with Gasteiger partial charge >= 0.3 is 5.97 Å². The second kappa shape index (κ2) is 7.48. The Morgan fingerprint density at radius 3 is 2.79 bits per heavy atom. The summed E-state index contributed by atoms with van der Waals surface area (Å²) < 4.78 is 4.75. The first kappa shape index (κ1) is 15.1. The summed E-state index contributed by atoms with van der Waals surface area (Å²) in [4.78, 5) is 27.5. The number of aliphatic hydroxyl groups excluding tert-OH is 1. The number of aromatic nitrogens is 1. The van der Waals surface area contributed by atoms with Crippen LogP contribution in [0.15, 0.2) is 18.3 Å². The molecule has 19 heavy (non-hydrogen) atoms. The van der Waals surface area contributed by atoms with Crippen LogP contribution in [0.1, 0.15) is 29.9 Å². The van der Waals surface area contributed by atoms with Crippen LogP contribution < -0.4 is 5.32 Å². The number of aliphatic hydroxyl groups is 1. The molecule has 0 saturated carbocycles. The van der Waals surface area contributed by atoms with Gasteiger partial charge in [-0.1, -0.05) is 13.0 Å². The van der Waals surface area contributed by atoms with Crippen molar-refractivity contribution in [3.8, 4) is 0 Å². The van der Waals surface area contributed by atoms with Gasteiger partial charge in [-0.15, -0.1) is 0 Å². The fourth-order valence-electron chi connectivity index (χ4n) is 1.58. The third-order valence-electron chi connectivity index (χ3n) is 2.55. The highest BCUT2D eigenvalue weighted by Gasteiger charge is 2.23.